The number of allylic oxidation sites excluding steroid dienone is 1. The van der Waals surface area contributed by atoms with Gasteiger partial charge in [0.05, 0.1) is 0 Å². The van der Waals surface area contributed by atoms with E-state index >= 15 is 0 Å². The van der Waals surface area contributed by atoms with Gasteiger partial charge in [-0.15, -0.1) is 0 Å². The standard InChI is InChI=1S/C29H36N2/c1-20-12-13-28-27(18-20)26-11-7-10-25(29(26)30-28)22(3)21(2)24-14-16-31(17-15-24)19-23-8-5-4-6-9-23/h4-6,8-9,12-13,18,22,24-25,30H,2,7,10-11,14-17,19H2,1,3H3. The van der Waals surface area contributed by atoms with Gasteiger partial charge in [-0.25, -0.2) is 0 Å². The molecule has 0 saturated carbocycles. The second-order valence-electron chi connectivity index (χ2n) is 9.96. The third-order valence-corrected chi connectivity index (χ3v) is 7.96. The fourth-order valence-electron chi connectivity index (χ4n) is 6.04. The molecule has 1 N–H and O–H groups in total. The highest BCUT2D eigenvalue weighted by Gasteiger charge is 2.32. The number of fused-ring (bicyclic) bond motifs is 3. The first-order valence-electron chi connectivity index (χ1n) is 12.2. The molecule has 5 rings (SSSR count). The molecule has 2 heterocycles. The Morgan fingerprint density at radius 1 is 1.10 bits per heavy atom. The van der Waals surface area contributed by atoms with E-state index in [9.17, 15) is 0 Å². The highest BCUT2D eigenvalue weighted by Crippen LogP contribution is 2.44. The number of aromatic amines is 1. The fourth-order valence-corrected chi connectivity index (χ4v) is 6.04. The smallest absolute Gasteiger partial charge is 0.0459 e. The summed E-state index contributed by atoms with van der Waals surface area (Å²) < 4.78 is 0. The van der Waals surface area contributed by atoms with Crippen molar-refractivity contribution in [2.45, 2.75) is 58.4 Å². The van der Waals surface area contributed by atoms with Crippen molar-refractivity contribution >= 4 is 10.9 Å². The van der Waals surface area contributed by atoms with E-state index in [-0.39, 0.29) is 0 Å². The monoisotopic (exact) mass is 412 g/mol. The van der Waals surface area contributed by atoms with Crippen molar-refractivity contribution in [1.82, 2.24) is 9.88 Å². The van der Waals surface area contributed by atoms with Gasteiger partial charge in [0.25, 0.3) is 0 Å². The summed E-state index contributed by atoms with van der Waals surface area (Å²) in [6.45, 7) is 12.8. The average molecular weight is 413 g/mol. The first-order chi connectivity index (χ1) is 15.1. The van der Waals surface area contributed by atoms with Crippen LogP contribution in [0.15, 0.2) is 60.7 Å². The highest BCUT2D eigenvalue weighted by molar-refractivity contribution is 5.85. The molecule has 0 bridgehead atoms. The summed E-state index contributed by atoms with van der Waals surface area (Å²) in [6, 6.07) is 17.8. The molecule has 3 aromatic rings. The van der Waals surface area contributed by atoms with Crippen LogP contribution >= 0.6 is 0 Å². The molecule has 162 valence electrons. The molecule has 1 aliphatic heterocycles. The largest absolute Gasteiger partial charge is 0.358 e. The number of nitrogens with one attached hydrogen (secondary N) is 1. The molecule has 0 spiro atoms. The molecule has 2 unspecified atom stereocenters. The predicted octanol–water partition coefficient (Wildman–Crippen LogP) is 7.00. The minimum Gasteiger partial charge on any atom is -0.358 e. The lowest BCUT2D eigenvalue weighted by Crippen LogP contribution is -2.35. The lowest BCUT2D eigenvalue weighted by Gasteiger charge is -2.37. The van der Waals surface area contributed by atoms with Gasteiger partial charge in [0, 0.05) is 29.1 Å². The number of likely N-dealkylation sites (tertiary alicyclic amines) is 1. The van der Waals surface area contributed by atoms with Crippen molar-refractivity contribution in [3.63, 3.8) is 0 Å². The Labute approximate surface area is 187 Å². The minimum absolute atomic E-state index is 0.541. The van der Waals surface area contributed by atoms with Crippen LogP contribution in [0.2, 0.25) is 0 Å². The van der Waals surface area contributed by atoms with Crippen molar-refractivity contribution in [1.29, 1.82) is 0 Å². The summed E-state index contributed by atoms with van der Waals surface area (Å²) in [6.07, 6.45) is 6.30. The number of aromatic nitrogens is 1. The third kappa shape index (κ3) is 4.11. The SMILES string of the molecule is C=C(C1CCN(Cc2ccccc2)CC1)C(C)C1CCCc2c1[nH]c1ccc(C)cc21. The lowest BCUT2D eigenvalue weighted by atomic mass is 9.72. The van der Waals surface area contributed by atoms with Gasteiger partial charge in [0.15, 0.2) is 0 Å². The molecule has 2 nitrogen and oxygen atoms in total. The number of piperidine rings is 1. The maximum absolute atomic E-state index is 4.67. The number of hydrogen-bond donors (Lipinski definition) is 1. The van der Waals surface area contributed by atoms with Crippen LogP contribution in [-0.2, 0) is 13.0 Å². The van der Waals surface area contributed by atoms with Gasteiger partial charge in [-0.2, -0.15) is 0 Å². The van der Waals surface area contributed by atoms with Crippen LogP contribution in [0, 0.1) is 18.8 Å². The molecule has 1 saturated heterocycles. The van der Waals surface area contributed by atoms with Crippen LogP contribution in [0.25, 0.3) is 10.9 Å². The minimum atomic E-state index is 0.541. The molecule has 0 radical (unpaired) electrons. The van der Waals surface area contributed by atoms with Crippen molar-refractivity contribution in [3.8, 4) is 0 Å². The van der Waals surface area contributed by atoms with Crippen LogP contribution in [0.1, 0.15) is 60.9 Å². The Balaban J connectivity index is 1.27. The van der Waals surface area contributed by atoms with E-state index in [0.29, 0.717) is 17.8 Å². The van der Waals surface area contributed by atoms with Crippen molar-refractivity contribution in [3.05, 3.63) is 83.1 Å². The average Bonchev–Trinajstić information content (AvgIpc) is 3.17. The van der Waals surface area contributed by atoms with Crippen LogP contribution in [-0.4, -0.2) is 23.0 Å². The Morgan fingerprint density at radius 3 is 2.65 bits per heavy atom. The predicted molar refractivity (Wildman–Crippen MR) is 131 cm³/mol. The topological polar surface area (TPSA) is 19.0 Å². The maximum Gasteiger partial charge on any atom is 0.0459 e. The van der Waals surface area contributed by atoms with Crippen molar-refractivity contribution in [2.75, 3.05) is 13.1 Å². The van der Waals surface area contributed by atoms with E-state index in [2.05, 4.69) is 78.8 Å². The van der Waals surface area contributed by atoms with Gasteiger partial charge in [0.2, 0.25) is 0 Å². The van der Waals surface area contributed by atoms with Crippen molar-refractivity contribution in [2.24, 2.45) is 11.8 Å². The molecule has 1 aromatic heterocycles. The summed E-state index contributed by atoms with van der Waals surface area (Å²) in [5.41, 5.74) is 8.67. The molecular weight excluding hydrogens is 376 g/mol. The van der Waals surface area contributed by atoms with Gasteiger partial charge in [-0.3, -0.25) is 4.90 Å². The van der Waals surface area contributed by atoms with Crippen LogP contribution < -0.4 is 0 Å². The van der Waals surface area contributed by atoms with E-state index in [1.54, 1.807) is 5.56 Å². The summed E-state index contributed by atoms with van der Waals surface area (Å²) in [5.74, 6) is 1.80. The molecule has 0 amide bonds. The van der Waals surface area contributed by atoms with Crippen LogP contribution in [0.3, 0.4) is 0 Å². The molecule has 31 heavy (non-hydrogen) atoms. The zero-order valence-corrected chi connectivity index (χ0v) is 19.2. The third-order valence-electron chi connectivity index (χ3n) is 7.96. The first kappa shape index (κ1) is 20.6. The van der Waals surface area contributed by atoms with Crippen LogP contribution in [0.4, 0.5) is 0 Å². The molecule has 1 aliphatic carbocycles. The van der Waals surface area contributed by atoms with Gasteiger partial charge < -0.3 is 4.98 Å². The summed E-state index contributed by atoms with van der Waals surface area (Å²) in [5, 5.41) is 1.45. The summed E-state index contributed by atoms with van der Waals surface area (Å²) >= 11 is 0. The number of rotatable bonds is 5. The Hall–Kier alpha value is -2.32. The molecule has 2 heteroatoms. The number of hydrogen-bond acceptors (Lipinski definition) is 1. The number of H-pyrrole nitrogens is 1. The van der Waals surface area contributed by atoms with Crippen LogP contribution in [0.5, 0.6) is 0 Å². The summed E-state index contributed by atoms with van der Waals surface area (Å²) in [4.78, 5) is 6.43. The van der Waals surface area contributed by atoms with E-state index in [0.717, 1.165) is 6.54 Å². The lowest BCUT2D eigenvalue weighted by molar-refractivity contribution is 0.184. The second kappa shape index (κ2) is 8.67. The van der Waals surface area contributed by atoms with Gasteiger partial charge in [0.1, 0.15) is 0 Å². The number of nitrogens with zero attached hydrogens (tertiary/aromatic N) is 1. The molecular formula is C29H36N2. The Kier molecular flexibility index (Phi) is 5.75. The number of benzene rings is 2. The molecule has 2 aromatic carbocycles. The zero-order valence-electron chi connectivity index (χ0n) is 19.2. The van der Waals surface area contributed by atoms with Gasteiger partial charge >= 0.3 is 0 Å². The van der Waals surface area contributed by atoms with E-state index in [1.807, 2.05) is 0 Å². The fraction of sp³-hybridized carbons (Fsp3) is 0.448. The van der Waals surface area contributed by atoms with E-state index < -0.39 is 0 Å². The van der Waals surface area contributed by atoms with Gasteiger partial charge in [-0.05, 0) is 87.2 Å². The second-order valence-corrected chi connectivity index (χ2v) is 9.96. The molecule has 2 aliphatic rings. The highest BCUT2D eigenvalue weighted by atomic mass is 15.1. The quantitative estimate of drug-likeness (QED) is 0.447. The first-order valence-corrected chi connectivity index (χ1v) is 12.2. The zero-order chi connectivity index (χ0) is 21.4. The number of aryl methyl sites for hydroxylation is 2. The van der Waals surface area contributed by atoms with E-state index in [1.165, 1.54) is 78.5 Å². The molecule has 2 atom stereocenters. The van der Waals surface area contributed by atoms with E-state index in [4.69, 9.17) is 0 Å². The van der Waals surface area contributed by atoms with Crippen molar-refractivity contribution < 1.29 is 0 Å². The summed E-state index contributed by atoms with van der Waals surface area (Å²) in [7, 11) is 0. The molecule has 1 fully saturated rings. The Bertz CT molecular complexity index is 1050. The normalized spacial score (nSPS) is 21.2. The van der Waals surface area contributed by atoms with Gasteiger partial charge in [-0.1, -0.05) is 61.0 Å². The Morgan fingerprint density at radius 2 is 1.87 bits per heavy atom. The maximum atomic E-state index is 4.67.